The molecule has 0 saturated carbocycles. The van der Waals surface area contributed by atoms with Gasteiger partial charge in [0.1, 0.15) is 11.5 Å². The van der Waals surface area contributed by atoms with Gasteiger partial charge in [0.25, 0.3) is 5.91 Å². The highest BCUT2D eigenvalue weighted by Crippen LogP contribution is 2.27. The van der Waals surface area contributed by atoms with Crippen LogP contribution in [-0.2, 0) is 0 Å². The lowest BCUT2D eigenvalue weighted by Crippen LogP contribution is -2.40. The Labute approximate surface area is 106 Å². The molecule has 0 bridgehead atoms. The van der Waals surface area contributed by atoms with Crippen LogP contribution in [0.15, 0.2) is 18.2 Å². The maximum atomic E-state index is 11.1. The molecule has 3 N–H and O–H groups in total. The predicted molar refractivity (Wildman–Crippen MR) is 69.5 cm³/mol. The Morgan fingerprint density at radius 2 is 2.33 bits per heavy atom. The fraction of sp³-hybridized carbons (Fsp3) is 0.538. The Kier molecular flexibility index (Phi) is 2.91. The number of pyridine rings is 1. The lowest BCUT2D eigenvalue weighted by atomic mass is 9.94. The van der Waals surface area contributed by atoms with E-state index >= 15 is 0 Å². The summed E-state index contributed by atoms with van der Waals surface area (Å²) in [5.41, 5.74) is 5.61. The first-order chi connectivity index (χ1) is 8.74. The minimum absolute atomic E-state index is 0.343. The van der Waals surface area contributed by atoms with Crippen molar-refractivity contribution in [3.8, 4) is 0 Å². The molecule has 2 saturated heterocycles. The third-order valence-electron chi connectivity index (χ3n) is 3.91. The molecule has 3 rings (SSSR count). The average molecular weight is 246 g/mol. The SMILES string of the molecule is NC(=O)c1cccc(N2CC3CCCNC3C2)n1. The van der Waals surface area contributed by atoms with Gasteiger partial charge in [0.05, 0.1) is 0 Å². The van der Waals surface area contributed by atoms with Crippen LogP contribution >= 0.6 is 0 Å². The number of nitrogens with zero attached hydrogens (tertiary/aromatic N) is 2. The van der Waals surface area contributed by atoms with Crippen molar-refractivity contribution in [1.29, 1.82) is 0 Å². The molecule has 0 aliphatic carbocycles. The van der Waals surface area contributed by atoms with Crippen LogP contribution in [-0.4, -0.2) is 36.6 Å². The molecule has 2 fully saturated rings. The number of amides is 1. The van der Waals surface area contributed by atoms with Crippen molar-refractivity contribution < 1.29 is 4.79 Å². The average Bonchev–Trinajstić information content (AvgIpc) is 2.82. The predicted octanol–water partition coefficient (Wildman–Crippen LogP) is 0.369. The molecule has 1 aromatic rings. The van der Waals surface area contributed by atoms with Crippen molar-refractivity contribution in [3.05, 3.63) is 23.9 Å². The van der Waals surface area contributed by atoms with Crippen LogP contribution in [0.1, 0.15) is 23.3 Å². The van der Waals surface area contributed by atoms with Gasteiger partial charge in [-0.05, 0) is 37.4 Å². The Morgan fingerprint density at radius 1 is 1.44 bits per heavy atom. The third kappa shape index (κ3) is 2.06. The number of nitrogens with one attached hydrogen (secondary N) is 1. The minimum atomic E-state index is -0.466. The summed E-state index contributed by atoms with van der Waals surface area (Å²) in [6.45, 7) is 3.11. The van der Waals surface area contributed by atoms with Crippen LogP contribution in [0.2, 0.25) is 0 Å². The third-order valence-corrected chi connectivity index (χ3v) is 3.91. The van der Waals surface area contributed by atoms with Crippen molar-refractivity contribution >= 4 is 11.7 Å². The molecular weight excluding hydrogens is 228 g/mol. The smallest absolute Gasteiger partial charge is 0.267 e. The summed E-state index contributed by atoms with van der Waals surface area (Å²) in [6.07, 6.45) is 2.54. The highest BCUT2D eigenvalue weighted by Gasteiger charge is 2.34. The monoisotopic (exact) mass is 246 g/mol. The molecular formula is C13H18N4O. The van der Waals surface area contributed by atoms with E-state index in [1.165, 1.54) is 12.8 Å². The van der Waals surface area contributed by atoms with Crippen molar-refractivity contribution in [2.45, 2.75) is 18.9 Å². The van der Waals surface area contributed by atoms with Crippen LogP contribution in [0.5, 0.6) is 0 Å². The molecule has 1 aromatic heterocycles. The van der Waals surface area contributed by atoms with Gasteiger partial charge in [0, 0.05) is 19.1 Å². The molecule has 2 atom stereocenters. The fourth-order valence-electron chi connectivity index (χ4n) is 2.97. The van der Waals surface area contributed by atoms with Gasteiger partial charge in [0.2, 0.25) is 0 Å². The first-order valence-corrected chi connectivity index (χ1v) is 6.49. The first-order valence-electron chi connectivity index (χ1n) is 6.49. The van der Waals surface area contributed by atoms with E-state index < -0.39 is 5.91 Å². The number of primary amides is 1. The highest BCUT2D eigenvalue weighted by atomic mass is 16.1. The van der Waals surface area contributed by atoms with E-state index in [4.69, 9.17) is 5.73 Å². The summed E-state index contributed by atoms with van der Waals surface area (Å²) in [4.78, 5) is 17.7. The van der Waals surface area contributed by atoms with Crippen molar-refractivity contribution in [3.63, 3.8) is 0 Å². The number of fused-ring (bicyclic) bond motifs is 1. The normalized spacial score (nSPS) is 27.0. The second-order valence-electron chi connectivity index (χ2n) is 5.11. The van der Waals surface area contributed by atoms with E-state index in [0.717, 1.165) is 25.5 Å². The van der Waals surface area contributed by atoms with Crippen molar-refractivity contribution in [1.82, 2.24) is 10.3 Å². The molecule has 0 aromatic carbocycles. The molecule has 1 amide bonds. The van der Waals surface area contributed by atoms with E-state index in [0.29, 0.717) is 17.7 Å². The zero-order valence-electron chi connectivity index (χ0n) is 10.3. The molecule has 5 nitrogen and oxygen atoms in total. The molecule has 2 unspecified atom stereocenters. The quantitative estimate of drug-likeness (QED) is 0.791. The lowest BCUT2D eigenvalue weighted by Gasteiger charge is -2.24. The topological polar surface area (TPSA) is 71.2 Å². The van der Waals surface area contributed by atoms with E-state index in [9.17, 15) is 4.79 Å². The molecule has 0 radical (unpaired) electrons. The number of anilines is 1. The Morgan fingerprint density at radius 3 is 3.11 bits per heavy atom. The number of hydrogen-bond donors (Lipinski definition) is 2. The summed E-state index contributed by atoms with van der Waals surface area (Å²) in [5.74, 6) is 1.10. The van der Waals surface area contributed by atoms with E-state index in [1.54, 1.807) is 6.07 Å². The van der Waals surface area contributed by atoms with Crippen LogP contribution in [0.4, 0.5) is 5.82 Å². The largest absolute Gasteiger partial charge is 0.364 e. The molecule has 0 spiro atoms. The van der Waals surface area contributed by atoms with Crippen LogP contribution in [0, 0.1) is 5.92 Å². The zero-order chi connectivity index (χ0) is 12.5. The maximum Gasteiger partial charge on any atom is 0.267 e. The summed E-state index contributed by atoms with van der Waals surface area (Å²) in [5, 5.41) is 3.56. The van der Waals surface area contributed by atoms with Crippen LogP contribution < -0.4 is 16.0 Å². The van der Waals surface area contributed by atoms with Crippen molar-refractivity contribution in [2.75, 3.05) is 24.5 Å². The van der Waals surface area contributed by atoms with Crippen molar-refractivity contribution in [2.24, 2.45) is 11.7 Å². The number of rotatable bonds is 2. The highest BCUT2D eigenvalue weighted by molar-refractivity contribution is 5.91. The molecule has 18 heavy (non-hydrogen) atoms. The van der Waals surface area contributed by atoms with Gasteiger partial charge >= 0.3 is 0 Å². The molecule has 3 heterocycles. The molecule has 2 aliphatic heterocycles. The number of carbonyl (C=O) groups excluding carboxylic acids is 1. The summed E-state index contributed by atoms with van der Waals surface area (Å²) >= 11 is 0. The standard InChI is InChI=1S/C13H18N4O/c14-13(18)10-4-1-5-12(16-10)17-7-9-3-2-6-15-11(9)8-17/h1,4-5,9,11,15H,2-3,6-8H2,(H2,14,18). The first kappa shape index (κ1) is 11.5. The van der Waals surface area contributed by atoms with Gasteiger partial charge in [-0.25, -0.2) is 4.98 Å². The van der Waals surface area contributed by atoms with Gasteiger partial charge in [-0.2, -0.15) is 0 Å². The summed E-state index contributed by atoms with van der Waals surface area (Å²) in [6, 6.07) is 6.02. The Hall–Kier alpha value is -1.62. The van der Waals surface area contributed by atoms with Gasteiger partial charge in [0.15, 0.2) is 0 Å². The maximum absolute atomic E-state index is 11.1. The number of nitrogens with two attached hydrogens (primary N) is 1. The Bertz CT molecular complexity index is 448. The van der Waals surface area contributed by atoms with Gasteiger partial charge in [-0.1, -0.05) is 6.07 Å². The van der Waals surface area contributed by atoms with Gasteiger partial charge < -0.3 is 16.0 Å². The van der Waals surface area contributed by atoms with Gasteiger partial charge in [-0.15, -0.1) is 0 Å². The van der Waals surface area contributed by atoms with Crippen LogP contribution in [0.25, 0.3) is 0 Å². The lowest BCUT2D eigenvalue weighted by molar-refractivity contribution is 0.0995. The summed E-state index contributed by atoms with van der Waals surface area (Å²) in [7, 11) is 0. The molecule has 2 aliphatic rings. The van der Waals surface area contributed by atoms with Crippen LogP contribution in [0.3, 0.4) is 0 Å². The fourth-order valence-corrected chi connectivity index (χ4v) is 2.97. The Balaban J connectivity index is 1.79. The van der Waals surface area contributed by atoms with Gasteiger partial charge in [-0.3, -0.25) is 4.79 Å². The molecule has 5 heteroatoms. The molecule has 96 valence electrons. The number of carbonyl (C=O) groups is 1. The minimum Gasteiger partial charge on any atom is -0.364 e. The number of hydrogen-bond acceptors (Lipinski definition) is 4. The second kappa shape index (κ2) is 4.57. The van der Waals surface area contributed by atoms with E-state index in [-0.39, 0.29) is 0 Å². The number of aromatic nitrogens is 1. The van der Waals surface area contributed by atoms with E-state index in [1.807, 2.05) is 12.1 Å². The number of piperidine rings is 1. The second-order valence-corrected chi connectivity index (χ2v) is 5.11. The zero-order valence-corrected chi connectivity index (χ0v) is 10.3. The van der Waals surface area contributed by atoms with E-state index in [2.05, 4.69) is 15.2 Å². The summed E-state index contributed by atoms with van der Waals surface area (Å²) < 4.78 is 0.